The van der Waals surface area contributed by atoms with Gasteiger partial charge in [-0.2, -0.15) is 0 Å². The average molecular weight is 298 g/mol. The largest absolute Gasteiger partial charge is 0.365 e. The van der Waals surface area contributed by atoms with Gasteiger partial charge in [0.1, 0.15) is 5.82 Å². The Bertz CT molecular complexity index is 454. The molecule has 0 saturated carbocycles. The molecular formula is C12H16BrN3O. The van der Waals surface area contributed by atoms with E-state index in [9.17, 15) is 4.79 Å². The quantitative estimate of drug-likeness (QED) is 0.774. The first-order chi connectivity index (χ1) is 7.86. The van der Waals surface area contributed by atoms with E-state index in [-0.39, 0.29) is 17.4 Å². The lowest BCUT2D eigenvalue weighted by Gasteiger charge is -2.29. The van der Waals surface area contributed by atoms with Crippen molar-refractivity contribution in [1.29, 1.82) is 0 Å². The molecule has 0 aliphatic carbocycles. The van der Waals surface area contributed by atoms with Gasteiger partial charge in [0.15, 0.2) is 0 Å². The summed E-state index contributed by atoms with van der Waals surface area (Å²) in [5.74, 6) is 0.759. The number of hydrogen-bond donors (Lipinski definition) is 2. The van der Waals surface area contributed by atoms with Crippen molar-refractivity contribution in [3.8, 4) is 0 Å². The Labute approximate surface area is 109 Å². The lowest BCUT2D eigenvalue weighted by molar-refractivity contribution is -0.116. The second-order valence-corrected chi connectivity index (χ2v) is 6.28. The molecule has 1 amide bonds. The normalized spacial score (nSPS) is 20.0. The lowest BCUT2D eigenvalue weighted by atomic mass is 9.85. The van der Waals surface area contributed by atoms with E-state index >= 15 is 0 Å². The summed E-state index contributed by atoms with van der Waals surface area (Å²) in [5.41, 5.74) is 0.740. The molecule has 0 radical (unpaired) electrons. The Hall–Kier alpha value is -1.10. The number of halogens is 1. The number of anilines is 2. The minimum absolute atomic E-state index is 0.00764. The molecule has 0 fully saturated rings. The van der Waals surface area contributed by atoms with Crippen molar-refractivity contribution in [2.75, 3.05) is 10.6 Å². The van der Waals surface area contributed by atoms with Crippen LogP contribution in [0.1, 0.15) is 27.2 Å². The van der Waals surface area contributed by atoms with E-state index in [0.29, 0.717) is 6.42 Å². The molecule has 0 spiro atoms. The third-order valence-electron chi connectivity index (χ3n) is 2.87. The van der Waals surface area contributed by atoms with Gasteiger partial charge in [-0.25, -0.2) is 4.98 Å². The van der Waals surface area contributed by atoms with Crippen LogP contribution in [0.2, 0.25) is 0 Å². The number of nitrogens with zero attached hydrogens (tertiary/aromatic N) is 1. The summed E-state index contributed by atoms with van der Waals surface area (Å²) in [6.45, 7) is 6.34. The number of amides is 1. The topological polar surface area (TPSA) is 54.0 Å². The number of pyridine rings is 1. The monoisotopic (exact) mass is 297 g/mol. The molecule has 92 valence electrons. The smallest absolute Gasteiger partial charge is 0.226 e. The van der Waals surface area contributed by atoms with Crippen LogP contribution in [0, 0.1) is 5.41 Å². The number of nitrogens with one attached hydrogen (secondary N) is 2. The van der Waals surface area contributed by atoms with Gasteiger partial charge < -0.3 is 10.6 Å². The maximum atomic E-state index is 11.8. The maximum Gasteiger partial charge on any atom is 0.226 e. The molecule has 17 heavy (non-hydrogen) atoms. The van der Waals surface area contributed by atoms with Crippen molar-refractivity contribution in [3.63, 3.8) is 0 Å². The fourth-order valence-electron chi connectivity index (χ4n) is 1.77. The highest BCUT2D eigenvalue weighted by atomic mass is 79.9. The first kappa shape index (κ1) is 12.4. The van der Waals surface area contributed by atoms with Gasteiger partial charge in [-0.15, -0.1) is 0 Å². The second kappa shape index (κ2) is 4.29. The van der Waals surface area contributed by atoms with E-state index in [1.807, 2.05) is 6.07 Å². The van der Waals surface area contributed by atoms with Crippen LogP contribution in [0.15, 0.2) is 16.7 Å². The van der Waals surface area contributed by atoms with Crippen LogP contribution in [0.4, 0.5) is 11.5 Å². The lowest BCUT2D eigenvalue weighted by Crippen LogP contribution is -2.35. The number of aromatic nitrogens is 1. The zero-order valence-corrected chi connectivity index (χ0v) is 11.8. The highest BCUT2D eigenvalue weighted by Gasteiger charge is 2.30. The van der Waals surface area contributed by atoms with Crippen LogP contribution >= 0.6 is 15.9 Å². The fourth-order valence-corrected chi connectivity index (χ4v) is 2.11. The third-order valence-corrected chi connectivity index (χ3v) is 3.31. The summed E-state index contributed by atoms with van der Waals surface area (Å²) >= 11 is 3.35. The molecule has 4 nitrogen and oxygen atoms in total. The van der Waals surface area contributed by atoms with Gasteiger partial charge in [-0.05, 0) is 27.4 Å². The standard InChI is InChI=1S/C12H16BrN3O/c1-12(2,3)9-5-10(17)15-8-4-7(13)6-14-11(8)16-9/h4,6,9H,5H2,1-3H3,(H,14,16)(H,15,17). The molecule has 0 aromatic carbocycles. The summed E-state index contributed by atoms with van der Waals surface area (Å²) in [5, 5.41) is 6.21. The van der Waals surface area contributed by atoms with Crippen LogP contribution < -0.4 is 10.6 Å². The third kappa shape index (κ3) is 2.77. The molecule has 2 heterocycles. The summed E-state index contributed by atoms with van der Waals surface area (Å²) in [7, 11) is 0. The van der Waals surface area contributed by atoms with E-state index in [4.69, 9.17) is 0 Å². The molecular weight excluding hydrogens is 282 g/mol. The van der Waals surface area contributed by atoms with Crippen LogP contribution in [-0.4, -0.2) is 16.9 Å². The molecule has 1 aliphatic rings. The number of carbonyl (C=O) groups excluding carboxylic acids is 1. The summed E-state index contributed by atoms with van der Waals surface area (Å²) in [6.07, 6.45) is 2.18. The van der Waals surface area contributed by atoms with E-state index < -0.39 is 0 Å². The van der Waals surface area contributed by atoms with Crippen molar-refractivity contribution in [2.24, 2.45) is 5.41 Å². The van der Waals surface area contributed by atoms with E-state index in [2.05, 4.69) is 52.3 Å². The molecule has 1 aromatic heterocycles. The Morgan fingerprint density at radius 1 is 1.47 bits per heavy atom. The fraction of sp³-hybridized carbons (Fsp3) is 0.500. The first-order valence-corrected chi connectivity index (χ1v) is 6.37. The van der Waals surface area contributed by atoms with Crippen molar-refractivity contribution in [1.82, 2.24) is 4.98 Å². The predicted octanol–water partition coefficient (Wildman–Crippen LogP) is 3.01. The number of fused-ring (bicyclic) bond motifs is 1. The summed E-state index contributed by atoms with van der Waals surface area (Å²) in [6, 6.07) is 1.94. The molecule has 1 aliphatic heterocycles. The summed E-state index contributed by atoms with van der Waals surface area (Å²) < 4.78 is 0.854. The van der Waals surface area contributed by atoms with Crippen molar-refractivity contribution < 1.29 is 4.79 Å². The number of carbonyl (C=O) groups is 1. The maximum absolute atomic E-state index is 11.8. The van der Waals surface area contributed by atoms with Crippen LogP contribution in [0.25, 0.3) is 0 Å². The first-order valence-electron chi connectivity index (χ1n) is 5.58. The van der Waals surface area contributed by atoms with Crippen molar-refractivity contribution >= 4 is 33.3 Å². The van der Waals surface area contributed by atoms with Gasteiger partial charge in [-0.3, -0.25) is 4.79 Å². The van der Waals surface area contributed by atoms with Crippen LogP contribution in [0.5, 0.6) is 0 Å². The Morgan fingerprint density at radius 3 is 2.82 bits per heavy atom. The molecule has 2 rings (SSSR count). The van der Waals surface area contributed by atoms with Crippen molar-refractivity contribution in [2.45, 2.75) is 33.2 Å². The SMILES string of the molecule is CC(C)(C)C1CC(=O)Nc2cc(Br)cnc2N1. The average Bonchev–Trinajstić information content (AvgIpc) is 2.34. The van der Waals surface area contributed by atoms with Crippen molar-refractivity contribution in [3.05, 3.63) is 16.7 Å². The molecule has 0 saturated heterocycles. The predicted molar refractivity (Wildman–Crippen MR) is 72.0 cm³/mol. The van der Waals surface area contributed by atoms with Crippen LogP contribution in [0.3, 0.4) is 0 Å². The van der Waals surface area contributed by atoms with Gasteiger partial charge in [0.05, 0.1) is 5.69 Å². The Balaban J connectivity index is 2.37. The zero-order chi connectivity index (χ0) is 12.6. The number of rotatable bonds is 0. The van der Waals surface area contributed by atoms with Gasteiger partial charge in [-0.1, -0.05) is 20.8 Å². The van der Waals surface area contributed by atoms with Gasteiger partial charge in [0.25, 0.3) is 0 Å². The van der Waals surface area contributed by atoms with Gasteiger partial charge in [0.2, 0.25) is 5.91 Å². The second-order valence-electron chi connectivity index (χ2n) is 5.36. The van der Waals surface area contributed by atoms with E-state index in [1.165, 1.54) is 0 Å². The van der Waals surface area contributed by atoms with E-state index in [1.54, 1.807) is 6.20 Å². The Morgan fingerprint density at radius 2 is 2.18 bits per heavy atom. The highest BCUT2D eigenvalue weighted by Crippen LogP contribution is 2.32. The van der Waals surface area contributed by atoms with E-state index in [0.717, 1.165) is 16.0 Å². The molecule has 1 atom stereocenters. The summed E-state index contributed by atoms with van der Waals surface area (Å²) in [4.78, 5) is 16.1. The van der Waals surface area contributed by atoms with Crippen LogP contribution in [-0.2, 0) is 4.79 Å². The van der Waals surface area contributed by atoms with Gasteiger partial charge >= 0.3 is 0 Å². The molecule has 2 N–H and O–H groups in total. The molecule has 1 unspecified atom stereocenters. The molecule has 1 aromatic rings. The zero-order valence-electron chi connectivity index (χ0n) is 10.2. The van der Waals surface area contributed by atoms with Gasteiger partial charge in [0, 0.05) is 23.1 Å². The molecule has 0 bridgehead atoms. The minimum Gasteiger partial charge on any atom is -0.365 e. The molecule has 5 heteroatoms. The number of hydrogen-bond acceptors (Lipinski definition) is 3. The Kier molecular flexibility index (Phi) is 3.12. The minimum atomic E-state index is 0.00764. The highest BCUT2D eigenvalue weighted by molar-refractivity contribution is 9.10.